The first-order valence-corrected chi connectivity index (χ1v) is 10.9. The normalized spacial score (nSPS) is 14.4. The van der Waals surface area contributed by atoms with Crippen LogP contribution in [-0.2, 0) is 17.9 Å². The Kier molecular flexibility index (Phi) is 7.40. The number of aryl methyl sites for hydroxylation is 2. The number of benzene rings is 1. The zero-order valence-electron chi connectivity index (χ0n) is 17.6. The van der Waals surface area contributed by atoms with E-state index >= 15 is 0 Å². The van der Waals surface area contributed by atoms with Gasteiger partial charge in [-0.25, -0.2) is 9.98 Å². The van der Waals surface area contributed by atoms with Gasteiger partial charge in [0.25, 0.3) is 5.91 Å². The maximum atomic E-state index is 12.6. The number of hydrogen-bond donors (Lipinski definition) is 3. The van der Waals surface area contributed by atoms with Crippen LogP contribution in [0.5, 0.6) is 0 Å². The monoisotopic (exact) mass is 428 g/mol. The van der Waals surface area contributed by atoms with Crippen molar-refractivity contribution >= 4 is 29.1 Å². The third-order valence-corrected chi connectivity index (χ3v) is 5.78. The van der Waals surface area contributed by atoms with Crippen LogP contribution in [0.25, 0.3) is 0 Å². The fourth-order valence-corrected chi connectivity index (χ4v) is 4.04. The molecule has 0 unspecified atom stereocenters. The Morgan fingerprint density at radius 3 is 2.67 bits per heavy atom. The van der Waals surface area contributed by atoms with Gasteiger partial charge in [-0.05, 0) is 38.5 Å². The number of aliphatic imine (C=N–C) groups is 1. The molecule has 3 N–H and O–H groups in total. The van der Waals surface area contributed by atoms with Gasteiger partial charge in [-0.3, -0.25) is 9.59 Å². The van der Waals surface area contributed by atoms with Crippen LogP contribution >= 0.6 is 11.3 Å². The second-order valence-electron chi connectivity index (χ2n) is 7.06. The van der Waals surface area contributed by atoms with E-state index in [0.717, 1.165) is 28.8 Å². The van der Waals surface area contributed by atoms with E-state index in [1.54, 1.807) is 28.4 Å². The lowest BCUT2D eigenvalue weighted by Gasteiger charge is -2.26. The standard InChI is InChI=1S/C21H28N6O2S/c1-4-22-21(25-12-18-14(2)26-15(3)30-18)24-11-16-5-7-17(8-6-16)20(29)27-10-9-23-19(28)13-27/h5-8H,4,9-13H2,1-3H3,(H,23,28)(H2,22,24,25). The Balaban J connectivity index is 1.59. The number of nitrogens with one attached hydrogen (secondary N) is 3. The van der Waals surface area contributed by atoms with Gasteiger partial charge in [-0.15, -0.1) is 11.3 Å². The maximum Gasteiger partial charge on any atom is 0.254 e. The summed E-state index contributed by atoms with van der Waals surface area (Å²) in [5, 5.41) is 10.4. The predicted molar refractivity (Wildman–Crippen MR) is 119 cm³/mol. The summed E-state index contributed by atoms with van der Waals surface area (Å²) >= 11 is 1.69. The van der Waals surface area contributed by atoms with Gasteiger partial charge in [0.2, 0.25) is 5.91 Å². The second-order valence-corrected chi connectivity index (χ2v) is 8.35. The van der Waals surface area contributed by atoms with Crippen LogP contribution in [-0.4, -0.2) is 53.8 Å². The third-order valence-electron chi connectivity index (χ3n) is 4.71. The molecule has 30 heavy (non-hydrogen) atoms. The molecule has 1 aliphatic rings. The van der Waals surface area contributed by atoms with Crippen LogP contribution in [0, 0.1) is 13.8 Å². The minimum atomic E-state index is -0.120. The number of piperazine rings is 1. The number of amides is 2. The SMILES string of the molecule is CCNC(=NCc1ccc(C(=O)N2CCNC(=O)C2)cc1)NCc1sc(C)nc1C. The largest absolute Gasteiger partial charge is 0.357 e. The van der Waals surface area contributed by atoms with Crippen molar-refractivity contribution < 1.29 is 9.59 Å². The lowest BCUT2D eigenvalue weighted by Crippen LogP contribution is -2.49. The fraction of sp³-hybridized carbons (Fsp3) is 0.429. The quantitative estimate of drug-likeness (QED) is 0.479. The number of guanidine groups is 1. The third kappa shape index (κ3) is 5.79. The van der Waals surface area contributed by atoms with Crippen molar-refractivity contribution in [2.45, 2.75) is 33.9 Å². The summed E-state index contributed by atoms with van der Waals surface area (Å²) in [4.78, 5) is 35.9. The van der Waals surface area contributed by atoms with E-state index in [9.17, 15) is 9.59 Å². The van der Waals surface area contributed by atoms with Crippen molar-refractivity contribution in [1.82, 2.24) is 25.8 Å². The molecule has 1 aromatic heterocycles. The Hall–Kier alpha value is -2.94. The van der Waals surface area contributed by atoms with E-state index in [1.807, 2.05) is 32.9 Å². The Morgan fingerprint density at radius 1 is 1.27 bits per heavy atom. The molecule has 2 aromatic rings. The van der Waals surface area contributed by atoms with Crippen molar-refractivity contribution in [1.29, 1.82) is 0 Å². The van der Waals surface area contributed by atoms with Gasteiger partial charge in [0.05, 0.1) is 30.3 Å². The molecule has 1 fully saturated rings. The summed E-state index contributed by atoms with van der Waals surface area (Å²) in [6.07, 6.45) is 0. The van der Waals surface area contributed by atoms with Crippen LogP contribution in [0.15, 0.2) is 29.3 Å². The zero-order valence-corrected chi connectivity index (χ0v) is 18.4. The summed E-state index contributed by atoms with van der Waals surface area (Å²) in [5.74, 6) is 0.500. The van der Waals surface area contributed by atoms with Gasteiger partial charge in [-0.1, -0.05) is 12.1 Å². The predicted octanol–water partition coefficient (Wildman–Crippen LogP) is 1.59. The molecule has 0 spiro atoms. The number of hydrogen-bond acceptors (Lipinski definition) is 5. The van der Waals surface area contributed by atoms with Gasteiger partial charge < -0.3 is 20.9 Å². The van der Waals surface area contributed by atoms with Gasteiger partial charge in [0.15, 0.2) is 5.96 Å². The van der Waals surface area contributed by atoms with Crippen molar-refractivity contribution in [2.75, 3.05) is 26.2 Å². The van der Waals surface area contributed by atoms with E-state index < -0.39 is 0 Å². The highest BCUT2D eigenvalue weighted by Gasteiger charge is 2.22. The van der Waals surface area contributed by atoms with Crippen molar-refractivity contribution in [3.05, 3.63) is 51.0 Å². The first-order chi connectivity index (χ1) is 14.5. The van der Waals surface area contributed by atoms with Crippen LogP contribution in [0.3, 0.4) is 0 Å². The highest BCUT2D eigenvalue weighted by atomic mass is 32.1. The molecule has 0 bridgehead atoms. The zero-order chi connectivity index (χ0) is 21.5. The number of aromatic nitrogens is 1. The Labute approximate surface area is 180 Å². The highest BCUT2D eigenvalue weighted by molar-refractivity contribution is 7.11. The van der Waals surface area contributed by atoms with Crippen LogP contribution < -0.4 is 16.0 Å². The van der Waals surface area contributed by atoms with Crippen molar-refractivity contribution in [2.24, 2.45) is 4.99 Å². The maximum absolute atomic E-state index is 12.6. The van der Waals surface area contributed by atoms with Gasteiger partial charge in [0, 0.05) is 30.1 Å². The number of carbonyl (C=O) groups is 2. The Bertz CT molecular complexity index is 922. The first-order valence-electron chi connectivity index (χ1n) is 10.1. The smallest absolute Gasteiger partial charge is 0.254 e. The molecule has 1 aliphatic heterocycles. The molecular weight excluding hydrogens is 400 g/mol. The molecule has 1 aromatic carbocycles. The molecule has 2 heterocycles. The van der Waals surface area contributed by atoms with Crippen molar-refractivity contribution in [3.63, 3.8) is 0 Å². The molecule has 160 valence electrons. The van der Waals surface area contributed by atoms with Gasteiger partial charge in [-0.2, -0.15) is 0 Å². The van der Waals surface area contributed by atoms with E-state index in [1.165, 1.54) is 4.88 Å². The summed E-state index contributed by atoms with van der Waals surface area (Å²) in [6.45, 7) is 9.14. The fourth-order valence-electron chi connectivity index (χ4n) is 3.16. The van der Waals surface area contributed by atoms with Gasteiger partial charge >= 0.3 is 0 Å². The lowest BCUT2D eigenvalue weighted by molar-refractivity contribution is -0.123. The van der Waals surface area contributed by atoms with E-state index in [2.05, 4.69) is 25.9 Å². The number of rotatable bonds is 6. The molecule has 0 atom stereocenters. The topological polar surface area (TPSA) is 98.7 Å². The molecular formula is C21H28N6O2S. The van der Waals surface area contributed by atoms with Gasteiger partial charge in [0.1, 0.15) is 0 Å². The van der Waals surface area contributed by atoms with Crippen LogP contribution in [0.2, 0.25) is 0 Å². The molecule has 0 aliphatic carbocycles. The molecule has 9 heteroatoms. The molecule has 0 saturated carbocycles. The number of carbonyl (C=O) groups excluding carboxylic acids is 2. The highest BCUT2D eigenvalue weighted by Crippen LogP contribution is 2.16. The molecule has 2 amide bonds. The Morgan fingerprint density at radius 2 is 2.03 bits per heavy atom. The summed E-state index contributed by atoms with van der Waals surface area (Å²) in [6, 6.07) is 7.40. The lowest BCUT2D eigenvalue weighted by atomic mass is 10.1. The minimum Gasteiger partial charge on any atom is -0.357 e. The number of thiazole rings is 1. The molecule has 0 radical (unpaired) electrons. The van der Waals surface area contributed by atoms with Crippen molar-refractivity contribution in [3.8, 4) is 0 Å². The van der Waals surface area contributed by atoms with E-state index in [-0.39, 0.29) is 18.4 Å². The molecule has 3 rings (SSSR count). The summed E-state index contributed by atoms with van der Waals surface area (Å²) < 4.78 is 0. The van der Waals surface area contributed by atoms with E-state index in [4.69, 9.17) is 0 Å². The van der Waals surface area contributed by atoms with E-state index in [0.29, 0.717) is 31.7 Å². The van der Waals surface area contributed by atoms with Crippen LogP contribution in [0.1, 0.15) is 38.4 Å². The average Bonchev–Trinajstić information content (AvgIpc) is 3.07. The summed E-state index contributed by atoms with van der Waals surface area (Å²) in [5.41, 5.74) is 2.63. The summed E-state index contributed by atoms with van der Waals surface area (Å²) in [7, 11) is 0. The van der Waals surface area contributed by atoms with Crippen LogP contribution in [0.4, 0.5) is 0 Å². The molecule has 1 saturated heterocycles. The molecule has 8 nitrogen and oxygen atoms in total. The second kappa shape index (κ2) is 10.2. The minimum absolute atomic E-state index is 0.112. The first kappa shape index (κ1) is 21.8. The average molecular weight is 429 g/mol. The number of nitrogens with zero attached hydrogens (tertiary/aromatic N) is 3.